The van der Waals surface area contributed by atoms with Crippen molar-refractivity contribution in [3.05, 3.63) is 65.7 Å². The van der Waals surface area contributed by atoms with Gasteiger partial charge in [0, 0.05) is 30.7 Å². The molecule has 1 atom stereocenters. The van der Waals surface area contributed by atoms with Gasteiger partial charge >= 0.3 is 0 Å². The lowest BCUT2D eigenvalue weighted by molar-refractivity contribution is -0.128. The second-order valence-corrected chi connectivity index (χ2v) is 7.44. The molecular weight excluding hydrogens is 336 g/mol. The van der Waals surface area contributed by atoms with Crippen LogP contribution in [-0.4, -0.2) is 36.0 Å². The summed E-state index contributed by atoms with van der Waals surface area (Å²) >= 11 is 0. The van der Waals surface area contributed by atoms with Crippen LogP contribution in [0.1, 0.15) is 44.9 Å². The quantitative estimate of drug-likeness (QED) is 0.715. The van der Waals surface area contributed by atoms with E-state index in [1.54, 1.807) is 0 Å². The Morgan fingerprint density at radius 3 is 2.26 bits per heavy atom. The van der Waals surface area contributed by atoms with Crippen LogP contribution in [0.25, 0.3) is 0 Å². The molecule has 146 valence electrons. The number of rotatable bonds is 9. The Hall–Kier alpha value is -2.33. The SMILES string of the molecule is Cc1cccc(OC(C(=O)NCCN(C(C)C)C(C)C)c2ccccc2)c1. The molecular formula is C23H32N2O2. The molecule has 0 aliphatic rings. The summed E-state index contributed by atoms with van der Waals surface area (Å²) in [5.74, 6) is 0.583. The Labute approximate surface area is 163 Å². The van der Waals surface area contributed by atoms with Crippen molar-refractivity contribution in [2.24, 2.45) is 0 Å². The van der Waals surface area contributed by atoms with E-state index in [4.69, 9.17) is 4.74 Å². The van der Waals surface area contributed by atoms with Gasteiger partial charge in [0.1, 0.15) is 5.75 Å². The van der Waals surface area contributed by atoms with Crippen molar-refractivity contribution in [3.8, 4) is 5.75 Å². The summed E-state index contributed by atoms with van der Waals surface area (Å²) in [5.41, 5.74) is 1.95. The number of ether oxygens (including phenoxy) is 1. The minimum absolute atomic E-state index is 0.116. The predicted molar refractivity (Wildman–Crippen MR) is 111 cm³/mol. The van der Waals surface area contributed by atoms with Crippen LogP contribution in [0.3, 0.4) is 0 Å². The normalized spacial score (nSPS) is 12.4. The molecule has 0 aliphatic heterocycles. The van der Waals surface area contributed by atoms with E-state index in [2.05, 4.69) is 37.9 Å². The fourth-order valence-corrected chi connectivity index (χ4v) is 3.24. The first-order valence-corrected chi connectivity index (χ1v) is 9.70. The number of carbonyl (C=O) groups is 1. The van der Waals surface area contributed by atoms with Gasteiger partial charge in [0.15, 0.2) is 0 Å². The van der Waals surface area contributed by atoms with Crippen molar-refractivity contribution < 1.29 is 9.53 Å². The molecule has 2 aromatic carbocycles. The van der Waals surface area contributed by atoms with Crippen molar-refractivity contribution in [3.63, 3.8) is 0 Å². The van der Waals surface area contributed by atoms with Crippen LogP contribution < -0.4 is 10.1 Å². The maximum absolute atomic E-state index is 12.9. The molecule has 0 aliphatic carbocycles. The second-order valence-electron chi connectivity index (χ2n) is 7.44. The van der Waals surface area contributed by atoms with E-state index < -0.39 is 6.10 Å². The first kappa shape index (κ1) is 21.0. The van der Waals surface area contributed by atoms with E-state index in [1.807, 2.05) is 61.5 Å². The Morgan fingerprint density at radius 2 is 1.67 bits per heavy atom. The molecule has 0 saturated carbocycles. The predicted octanol–water partition coefficient (Wildman–Crippen LogP) is 4.35. The first-order valence-electron chi connectivity index (χ1n) is 9.70. The zero-order chi connectivity index (χ0) is 19.8. The molecule has 2 aromatic rings. The monoisotopic (exact) mass is 368 g/mol. The second kappa shape index (κ2) is 10.1. The molecule has 0 radical (unpaired) electrons. The zero-order valence-electron chi connectivity index (χ0n) is 17.1. The van der Waals surface area contributed by atoms with Gasteiger partial charge in [0.05, 0.1) is 0 Å². The summed E-state index contributed by atoms with van der Waals surface area (Å²) in [6, 6.07) is 18.3. The number of benzene rings is 2. The summed E-state index contributed by atoms with van der Waals surface area (Å²) < 4.78 is 6.07. The highest BCUT2D eigenvalue weighted by molar-refractivity contribution is 5.82. The summed E-state index contributed by atoms with van der Waals surface area (Å²) in [6.45, 7) is 12.1. The maximum atomic E-state index is 12.9. The van der Waals surface area contributed by atoms with Gasteiger partial charge < -0.3 is 10.1 Å². The molecule has 1 N–H and O–H groups in total. The summed E-state index contributed by atoms with van der Waals surface area (Å²) in [5, 5.41) is 3.05. The molecule has 4 nitrogen and oxygen atoms in total. The number of nitrogens with zero attached hydrogens (tertiary/aromatic N) is 1. The molecule has 0 bridgehead atoms. The lowest BCUT2D eigenvalue weighted by Gasteiger charge is -2.30. The van der Waals surface area contributed by atoms with E-state index in [0.717, 1.165) is 17.7 Å². The van der Waals surface area contributed by atoms with Gasteiger partial charge in [0.2, 0.25) is 6.10 Å². The van der Waals surface area contributed by atoms with Crippen molar-refractivity contribution in [2.45, 2.75) is 52.8 Å². The van der Waals surface area contributed by atoms with Crippen LogP contribution in [-0.2, 0) is 4.79 Å². The zero-order valence-corrected chi connectivity index (χ0v) is 17.1. The fraction of sp³-hybridized carbons (Fsp3) is 0.435. The van der Waals surface area contributed by atoms with Crippen molar-refractivity contribution in [1.29, 1.82) is 0 Å². The first-order chi connectivity index (χ1) is 12.9. The minimum atomic E-state index is -0.667. The van der Waals surface area contributed by atoms with Gasteiger partial charge in [-0.15, -0.1) is 0 Å². The maximum Gasteiger partial charge on any atom is 0.265 e. The number of nitrogens with one attached hydrogen (secondary N) is 1. The van der Waals surface area contributed by atoms with Crippen LogP contribution in [0.15, 0.2) is 54.6 Å². The fourth-order valence-electron chi connectivity index (χ4n) is 3.24. The Bertz CT molecular complexity index is 705. The van der Waals surface area contributed by atoms with Gasteiger partial charge in [0.25, 0.3) is 5.91 Å². The molecule has 27 heavy (non-hydrogen) atoms. The average Bonchev–Trinajstić information content (AvgIpc) is 2.63. The summed E-state index contributed by atoms with van der Waals surface area (Å²) in [7, 11) is 0. The van der Waals surface area contributed by atoms with E-state index in [0.29, 0.717) is 24.4 Å². The molecule has 1 unspecified atom stereocenters. The Morgan fingerprint density at radius 1 is 1.00 bits per heavy atom. The molecule has 0 heterocycles. The van der Waals surface area contributed by atoms with Crippen LogP contribution >= 0.6 is 0 Å². The number of hydrogen-bond acceptors (Lipinski definition) is 3. The number of amides is 1. The molecule has 0 aromatic heterocycles. The van der Waals surface area contributed by atoms with Crippen molar-refractivity contribution in [1.82, 2.24) is 10.2 Å². The highest BCUT2D eigenvalue weighted by atomic mass is 16.5. The smallest absolute Gasteiger partial charge is 0.265 e. The van der Waals surface area contributed by atoms with Gasteiger partial charge in [-0.25, -0.2) is 0 Å². The topological polar surface area (TPSA) is 41.6 Å². The van der Waals surface area contributed by atoms with Gasteiger partial charge in [-0.2, -0.15) is 0 Å². The molecule has 4 heteroatoms. The lowest BCUT2D eigenvalue weighted by Crippen LogP contribution is -2.43. The number of aryl methyl sites for hydroxylation is 1. The lowest BCUT2D eigenvalue weighted by atomic mass is 10.1. The van der Waals surface area contributed by atoms with Gasteiger partial charge in [-0.1, -0.05) is 42.5 Å². The Balaban J connectivity index is 2.08. The van der Waals surface area contributed by atoms with Crippen LogP contribution in [0.2, 0.25) is 0 Å². The van der Waals surface area contributed by atoms with Gasteiger partial charge in [-0.3, -0.25) is 9.69 Å². The highest BCUT2D eigenvalue weighted by Crippen LogP contribution is 2.23. The van der Waals surface area contributed by atoms with E-state index in [-0.39, 0.29) is 5.91 Å². The summed E-state index contributed by atoms with van der Waals surface area (Å²) in [6.07, 6.45) is -0.667. The third kappa shape index (κ3) is 6.40. The van der Waals surface area contributed by atoms with E-state index in [1.165, 1.54) is 0 Å². The number of carbonyl (C=O) groups excluding carboxylic acids is 1. The Kier molecular flexibility index (Phi) is 7.86. The molecule has 0 spiro atoms. The van der Waals surface area contributed by atoms with Crippen LogP contribution in [0.4, 0.5) is 0 Å². The molecule has 2 rings (SSSR count). The minimum Gasteiger partial charge on any atom is -0.476 e. The van der Waals surface area contributed by atoms with Crippen LogP contribution in [0, 0.1) is 6.92 Å². The van der Waals surface area contributed by atoms with Crippen molar-refractivity contribution >= 4 is 5.91 Å². The molecule has 0 saturated heterocycles. The molecule has 1 amide bonds. The van der Waals surface area contributed by atoms with Crippen molar-refractivity contribution in [2.75, 3.05) is 13.1 Å². The number of hydrogen-bond donors (Lipinski definition) is 1. The third-order valence-corrected chi connectivity index (χ3v) is 4.58. The summed E-state index contributed by atoms with van der Waals surface area (Å²) in [4.78, 5) is 15.3. The van der Waals surface area contributed by atoms with E-state index in [9.17, 15) is 4.79 Å². The van der Waals surface area contributed by atoms with E-state index >= 15 is 0 Å². The average molecular weight is 369 g/mol. The standard InChI is InChI=1S/C23H32N2O2/c1-17(2)25(18(3)4)15-14-24-23(26)22(20-11-7-6-8-12-20)27-21-13-9-10-19(5)16-21/h6-13,16-18,22H,14-15H2,1-5H3,(H,24,26). The van der Waals surface area contributed by atoms with Gasteiger partial charge in [-0.05, 0) is 52.3 Å². The highest BCUT2D eigenvalue weighted by Gasteiger charge is 2.23. The largest absolute Gasteiger partial charge is 0.476 e. The third-order valence-electron chi connectivity index (χ3n) is 4.58. The van der Waals surface area contributed by atoms with Crippen LogP contribution in [0.5, 0.6) is 5.75 Å². The molecule has 0 fully saturated rings.